The zero-order valence-corrected chi connectivity index (χ0v) is 39.3. The summed E-state index contributed by atoms with van der Waals surface area (Å²) in [7, 11) is -2.17. The fourth-order valence-electron chi connectivity index (χ4n) is 3.81. The van der Waals surface area contributed by atoms with Gasteiger partial charge in [0.05, 0.1) is 0 Å². The van der Waals surface area contributed by atoms with Crippen molar-refractivity contribution in [1.29, 1.82) is 0 Å². The number of nitrogens with one attached hydrogen (secondary N) is 3. The van der Waals surface area contributed by atoms with E-state index in [4.69, 9.17) is 35.5 Å². The number of rotatable bonds is 12. The summed E-state index contributed by atoms with van der Waals surface area (Å²) in [6.45, 7) is 20.1. The van der Waals surface area contributed by atoms with Gasteiger partial charge >= 0.3 is 7.32 Å². The second-order valence-electron chi connectivity index (χ2n) is 13.3. The minimum atomic E-state index is -2.29. The molecule has 0 saturated heterocycles. The lowest BCUT2D eigenvalue weighted by molar-refractivity contribution is 0.278. The van der Waals surface area contributed by atoms with Crippen molar-refractivity contribution >= 4 is 7.32 Å². The summed E-state index contributed by atoms with van der Waals surface area (Å²) in [4.78, 5) is 0. The normalized spacial score (nSPS) is 9.93. The first-order valence-electron chi connectivity index (χ1n) is 20.8. The van der Waals surface area contributed by atoms with Crippen LogP contribution in [0.4, 0.5) is 87.8 Å². The second-order valence-corrected chi connectivity index (χ2v) is 13.3. The Morgan fingerprint density at radius 1 is 0.233 bits per heavy atom. The quantitative estimate of drug-likeness (QED) is 0.0216. The molecule has 0 atom stereocenters. The molecule has 4 aromatic carbocycles. The molecule has 0 radical (unpaired) electrons. The van der Waals surface area contributed by atoms with Gasteiger partial charge in [0.15, 0.2) is 23.0 Å². The van der Waals surface area contributed by atoms with E-state index < -0.39 is 147 Å². The molecule has 0 aromatic heterocycles. The predicted molar refractivity (Wildman–Crippen MR) is 224 cm³/mol. The maximum atomic E-state index is 12.2. The smallest absolute Gasteiger partial charge is 0.503 e. The maximum Gasteiger partial charge on any atom is 0.631 e. The molecule has 0 spiro atoms. The van der Waals surface area contributed by atoms with E-state index in [2.05, 4.69) is 57.5 Å². The average Bonchev–Trinajstić information content (AvgIpc) is 3.37. The highest BCUT2D eigenvalue weighted by Crippen LogP contribution is 2.30. The van der Waals surface area contributed by atoms with Gasteiger partial charge in [-0.1, -0.05) is 41.5 Å². The van der Waals surface area contributed by atoms with E-state index in [0.717, 1.165) is 0 Å². The highest BCUT2D eigenvalue weighted by Gasteiger charge is 2.28. The molecule has 73 heavy (non-hydrogen) atoms. The molecule has 0 aliphatic heterocycles. The van der Waals surface area contributed by atoms with Crippen LogP contribution in [-0.4, -0.2) is 82.1 Å². The molecule has 0 heterocycles. The SMILES string of the molecule is CCCNCCC.CCCNCCC.CCCNCCC.OB(O)O.Oc1c(F)c(F)c(F)c(F)c1F.Oc1c(F)c(F)c(F)c(F)c1F.Oc1c(F)c(F)c(F)c(F)c1F.Oc1c(F)c(F)c(F)c(F)c1F. The molecule has 0 bridgehead atoms. The maximum absolute atomic E-state index is 12.2. The molecule has 0 fully saturated rings. The van der Waals surface area contributed by atoms with E-state index in [9.17, 15) is 87.8 Å². The van der Waals surface area contributed by atoms with Crippen molar-refractivity contribution in [3.63, 3.8) is 0 Å². The first-order chi connectivity index (χ1) is 33.8. The van der Waals surface area contributed by atoms with Crippen LogP contribution in [0, 0.1) is 116 Å². The van der Waals surface area contributed by atoms with Crippen LogP contribution in [0.25, 0.3) is 0 Å². The van der Waals surface area contributed by atoms with E-state index in [1.807, 2.05) is 0 Å². The molecular formula is C42H52BF20N3O7. The third-order valence-electron chi connectivity index (χ3n) is 7.31. The van der Waals surface area contributed by atoms with Gasteiger partial charge in [0.25, 0.3) is 0 Å². The van der Waals surface area contributed by atoms with Crippen molar-refractivity contribution in [3.05, 3.63) is 116 Å². The number of phenols is 4. The number of benzene rings is 4. The molecule has 0 aliphatic carbocycles. The Labute approximate surface area is 405 Å². The lowest BCUT2D eigenvalue weighted by Crippen LogP contribution is -2.14. The van der Waals surface area contributed by atoms with Crippen molar-refractivity contribution in [1.82, 2.24) is 16.0 Å². The van der Waals surface area contributed by atoms with Gasteiger partial charge in [-0.3, -0.25) is 0 Å². The molecule has 420 valence electrons. The number of phenolic OH excluding ortho intramolecular Hbond substituents is 4. The summed E-state index contributed by atoms with van der Waals surface area (Å²) in [5, 5.41) is 64.5. The van der Waals surface area contributed by atoms with Gasteiger partial charge in [0.1, 0.15) is 0 Å². The molecule has 0 saturated carbocycles. The number of aromatic hydroxyl groups is 4. The first kappa shape index (κ1) is 74.0. The van der Waals surface area contributed by atoms with Crippen molar-refractivity contribution in [2.75, 3.05) is 39.3 Å². The number of hydrogen-bond donors (Lipinski definition) is 10. The van der Waals surface area contributed by atoms with Gasteiger partial charge in [0, 0.05) is 0 Å². The third-order valence-corrected chi connectivity index (χ3v) is 7.31. The predicted octanol–water partition coefficient (Wildman–Crippen LogP) is 10.5. The fraction of sp³-hybridized carbons (Fsp3) is 0.429. The molecule has 31 heteroatoms. The van der Waals surface area contributed by atoms with Crippen LogP contribution >= 0.6 is 0 Å². The molecular weight excluding hydrogens is 1050 g/mol. The van der Waals surface area contributed by atoms with Crippen molar-refractivity contribution in [2.24, 2.45) is 0 Å². The summed E-state index contributed by atoms with van der Waals surface area (Å²) in [6, 6.07) is 0. The Morgan fingerprint density at radius 3 is 0.397 bits per heavy atom. The van der Waals surface area contributed by atoms with E-state index in [1.165, 1.54) is 77.8 Å². The van der Waals surface area contributed by atoms with Crippen LogP contribution in [0.3, 0.4) is 0 Å². The van der Waals surface area contributed by atoms with Crippen molar-refractivity contribution in [3.8, 4) is 23.0 Å². The Bertz CT molecular complexity index is 1510. The minimum absolute atomic E-state index is 1.17. The van der Waals surface area contributed by atoms with Gasteiger partial charge in [-0.05, 0) is 77.8 Å². The van der Waals surface area contributed by atoms with Crippen LogP contribution in [0.15, 0.2) is 0 Å². The minimum Gasteiger partial charge on any atom is -0.503 e. The molecule has 10 nitrogen and oxygen atoms in total. The molecule has 4 aromatic rings. The van der Waals surface area contributed by atoms with Crippen LogP contribution in [0.5, 0.6) is 23.0 Å². The van der Waals surface area contributed by atoms with Gasteiger partial charge < -0.3 is 51.4 Å². The van der Waals surface area contributed by atoms with Crippen molar-refractivity contribution in [2.45, 2.75) is 80.1 Å². The first-order valence-corrected chi connectivity index (χ1v) is 20.8. The van der Waals surface area contributed by atoms with Crippen LogP contribution in [0.2, 0.25) is 0 Å². The largest absolute Gasteiger partial charge is 0.631 e. The second kappa shape index (κ2) is 40.0. The van der Waals surface area contributed by atoms with Crippen LogP contribution in [-0.2, 0) is 0 Å². The Morgan fingerprint density at radius 2 is 0.315 bits per heavy atom. The summed E-state index contributed by atoms with van der Waals surface area (Å²) in [6.07, 6.45) is 7.50. The summed E-state index contributed by atoms with van der Waals surface area (Å²) in [5.74, 6) is -51.8. The number of hydrogen-bond acceptors (Lipinski definition) is 10. The van der Waals surface area contributed by atoms with E-state index in [0.29, 0.717) is 0 Å². The molecule has 4 rings (SSSR count). The Hall–Kier alpha value is -5.50. The van der Waals surface area contributed by atoms with Crippen molar-refractivity contribution < 1.29 is 123 Å². The summed E-state index contributed by atoms with van der Waals surface area (Å²) >= 11 is 0. The zero-order chi connectivity index (χ0) is 58.0. The topological polar surface area (TPSA) is 178 Å². The van der Waals surface area contributed by atoms with Gasteiger partial charge in [-0.2, -0.15) is 35.1 Å². The van der Waals surface area contributed by atoms with E-state index >= 15 is 0 Å². The third kappa shape index (κ3) is 26.3. The zero-order valence-electron chi connectivity index (χ0n) is 39.3. The lowest BCUT2D eigenvalue weighted by Gasteiger charge is -2.00. The van der Waals surface area contributed by atoms with Gasteiger partial charge in [0.2, 0.25) is 116 Å². The Balaban J connectivity index is -0.000000381. The van der Waals surface area contributed by atoms with Crippen LogP contribution < -0.4 is 16.0 Å². The summed E-state index contributed by atoms with van der Waals surface area (Å²) in [5.41, 5.74) is 0. The van der Waals surface area contributed by atoms with E-state index in [1.54, 1.807) is 0 Å². The van der Waals surface area contributed by atoms with Gasteiger partial charge in [-0.25, -0.2) is 52.7 Å². The highest BCUT2D eigenvalue weighted by molar-refractivity contribution is 6.30. The number of halogens is 20. The standard InChI is InChI=1S/4C6HF5O.3C6H15N.BH3O3/c4*7-1-2(8)4(10)6(12)5(11)3(1)9;3*1-3-5-7-6-4-2;2-1(3)4/h4*12H;3*7H,3-6H2,1-2H3;2-4H. The molecule has 0 aliphatic rings. The summed E-state index contributed by atoms with van der Waals surface area (Å²) < 4.78 is 243. The monoisotopic (exact) mass is 1100 g/mol. The molecule has 10 N–H and O–H groups in total. The average molecular weight is 1100 g/mol. The highest BCUT2D eigenvalue weighted by atomic mass is 19.2. The molecule has 0 unspecified atom stereocenters. The van der Waals surface area contributed by atoms with Crippen LogP contribution in [0.1, 0.15) is 80.1 Å². The lowest BCUT2D eigenvalue weighted by atomic mass is 10.3. The van der Waals surface area contributed by atoms with Gasteiger partial charge in [-0.15, -0.1) is 0 Å². The fourth-order valence-corrected chi connectivity index (χ4v) is 3.81. The van der Waals surface area contributed by atoms with E-state index in [-0.39, 0.29) is 0 Å². The molecule has 0 amide bonds. The Kier molecular flexibility index (Phi) is 40.5.